The molecule has 1 aliphatic heterocycles. The number of hydrogen-bond donors (Lipinski definition) is 1. The van der Waals surface area contributed by atoms with E-state index >= 15 is 0 Å². The topological polar surface area (TPSA) is 27.6 Å². The lowest BCUT2D eigenvalue weighted by Crippen LogP contribution is -2.37. The number of hydrogen-bond acceptors (Lipinski definition) is 3. The second-order valence-corrected chi connectivity index (χ2v) is 3.62. The minimum absolute atomic E-state index is 0.156. The van der Waals surface area contributed by atoms with Crippen molar-refractivity contribution in [3.63, 3.8) is 0 Å². The number of hydrazone groups is 1. The molecule has 0 aromatic rings. The molecule has 1 rings (SSSR count). The monoisotopic (exact) mass is 188 g/mol. The summed E-state index contributed by atoms with van der Waals surface area (Å²) >= 11 is 0. The average molecular weight is 188 g/mol. The van der Waals surface area contributed by atoms with E-state index in [4.69, 9.17) is 0 Å². The lowest BCUT2D eigenvalue weighted by Gasteiger charge is -2.21. The Morgan fingerprint density at radius 1 is 1.62 bits per heavy atom. The van der Waals surface area contributed by atoms with Gasteiger partial charge < -0.3 is 0 Å². The molecule has 0 unspecified atom stereocenters. The average Bonchev–Trinajstić information content (AvgIpc) is 2.52. The molecule has 0 atom stereocenters. The summed E-state index contributed by atoms with van der Waals surface area (Å²) in [6.45, 7) is 3.35. The fraction of sp³-hybridized carbons (Fsp3) is 0.857. The lowest BCUT2D eigenvalue weighted by molar-refractivity contribution is -0.0386. The number of alkyl halides is 2. The van der Waals surface area contributed by atoms with Gasteiger partial charge >= 0.3 is 6.55 Å². The van der Waals surface area contributed by atoms with E-state index in [2.05, 4.69) is 10.4 Å². The van der Waals surface area contributed by atoms with Crippen LogP contribution in [-0.2, 0) is 0 Å². The summed E-state index contributed by atoms with van der Waals surface area (Å²) in [7, 11) is 1.52. The standard InChI is InChI=1S/C7H13BF2N3/c1-4-7(2,3)5-8-12-13(11-5)6(9)10/h6,12H,4H2,1-3H3. The van der Waals surface area contributed by atoms with Gasteiger partial charge in [-0.3, -0.25) is 5.34 Å². The van der Waals surface area contributed by atoms with Crippen LogP contribution in [-0.4, -0.2) is 24.7 Å². The van der Waals surface area contributed by atoms with E-state index in [0.29, 0.717) is 10.7 Å². The summed E-state index contributed by atoms with van der Waals surface area (Å²) in [6, 6.07) is 0. The number of nitrogens with zero attached hydrogens (tertiary/aromatic N) is 2. The molecule has 0 saturated heterocycles. The predicted molar refractivity (Wildman–Crippen MR) is 48.2 cm³/mol. The molecule has 1 heterocycles. The molecule has 13 heavy (non-hydrogen) atoms. The Kier molecular flexibility index (Phi) is 2.90. The summed E-state index contributed by atoms with van der Waals surface area (Å²) in [5.41, 5.74) is 0.506. The number of rotatable bonds is 3. The van der Waals surface area contributed by atoms with Gasteiger partial charge in [0.1, 0.15) is 0 Å². The Morgan fingerprint density at radius 3 is 2.62 bits per heavy atom. The smallest absolute Gasteiger partial charge is 0.252 e. The second-order valence-electron chi connectivity index (χ2n) is 3.62. The zero-order valence-electron chi connectivity index (χ0n) is 8.01. The van der Waals surface area contributed by atoms with E-state index in [-0.39, 0.29) is 5.41 Å². The van der Waals surface area contributed by atoms with E-state index < -0.39 is 6.55 Å². The predicted octanol–water partition coefficient (Wildman–Crippen LogP) is 1.40. The van der Waals surface area contributed by atoms with Gasteiger partial charge in [-0.1, -0.05) is 20.8 Å². The first-order valence-corrected chi connectivity index (χ1v) is 4.23. The van der Waals surface area contributed by atoms with Gasteiger partial charge in [-0.05, 0) is 11.8 Å². The van der Waals surface area contributed by atoms with Crippen LogP contribution in [0.2, 0.25) is 0 Å². The minimum Gasteiger partial charge on any atom is -0.252 e. The molecule has 0 fully saturated rings. The van der Waals surface area contributed by atoms with Crippen LogP contribution in [0.3, 0.4) is 0 Å². The van der Waals surface area contributed by atoms with E-state index in [0.717, 1.165) is 6.42 Å². The van der Waals surface area contributed by atoms with Crippen molar-refractivity contribution in [2.24, 2.45) is 10.5 Å². The fourth-order valence-corrected chi connectivity index (χ4v) is 0.913. The SMILES string of the molecule is CCC(C)(C)C1=NN(C(F)F)N[B]1. The van der Waals surface area contributed by atoms with Crippen molar-refractivity contribution < 1.29 is 8.78 Å². The first-order chi connectivity index (χ1) is 5.97. The van der Waals surface area contributed by atoms with Gasteiger partial charge in [0.25, 0.3) is 7.41 Å². The Hall–Kier alpha value is -0.645. The third kappa shape index (κ3) is 2.18. The Balaban J connectivity index is 2.69. The normalized spacial score (nSPS) is 17.7. The molecule has 0 bridgehead atoms. The summed E-state index contributed by atoms with van der Waals surface area (Å²) in [4.78, 5) is 0. The maximum absolute atomic E-state index is 12.1. The Bertz CT molecular complexity index is 218. The molecule has 3 nitrogen and oxygen atoms in total. The number of halogens is 2. The minimum atomic E-state index is -2.60. The molecule has 0 saturated carbocycles. The molecule has 0 aliphatic carbocycles. The highest BCUT2D eigenvalue weighted by Gasteiger charge is 2.31. The second kappa shape index (κ2) is 3.61. The highest BCUT2D eigenvalue weighted by atomic mass is 19.3. The fourth-order valence-electron chi connectivity index (χ4n) is 0.913. The Morgan fingerprint density at radius 2 is 2.23 bits per heavy atom. The van der Waals surface area contributed by atoms with Gasteiger partial charge in [-0.25, -0.2) is 0 Å². The molecular weight excluding hydrogens is 175 g/mol. The molecule has 1 radical (unpaired) electrons. The molecule has 0 amide bonds. The van der Waals surface area contributed by atoms with E-state index in [1.54, 1.807) is 0 Å². The van der Waals surface area contributed by atoms with Gasteiger partial charge in [0.05, 0.1) is 0 Å². The van der Waals surface area contributed by atoms with Crippen molar-refractivity contribution in [3.05, 3.63) is 0 Å². The van der Waals surface area contributed by atoms with Crippen LogP contribution in [0.25, 0.3) is 0 Å². The molecule has 1 N–H and O–H groups in total. The maximum Gasteiger partial charge on any atom is 0.341 e. The molecule has 1 aliphatic rings. The van der Waals surface area contributed by atoms with Crippen LogP contribution < -0.4 is 5.34 Å². The van der Waals surface area contributed by atoms with Crippen LogP contribution >= 0.6 is 0 Å². The summed E-state index contributed by atoms with van der Waals surface area (Å²) in [5, 5.41) is 6.73. The quantitative estimate of drug-likeness (QED) is 0.535. The molecule has 73 valence electrons. The van der Waals surface area contributed by atoms with Crippen molar-refractivity contribution in [2.75, 3.05) is 0 Å². The number of nitrogens with one attached hydrogen (secondary N) is 1. The van der Waals surface area contributed by atoms with Gasteiger partial charge in [0.2, 0.25) is 0 Å². The van der Waals surface area contributed by atoms with Crippen molar-refractivity contribution in [1.82, 2.24) is 10.5 Å². The maximum atomic E-state index is 12.1. The van der Waals surface area contributed by atoms with Gasteiger partial charge in [-0.15, -0.1) is 0 Å². The third-order valence-electron chi connectivity index (χ3n) is 2.31. The van der Waals surface area contributed by atoms with Gasteiger partial charge in [0.15, 0.2) is 0 Å². The summed E-state index contributed by atoms with van der Waals surface area (Å²) in [5.74, 6) is 0. The summed E-state index contributed by atoms with van der Waals surface area (Å²) < 4.78 is 24.3. The molecule has 0 aromatic carbocycles. The molecular formula is C7H13BF2N3. The summed E-state index contributed by atoms with van der Waals surface area (Å²) in [6.07, 6.45) is 0.862. The van der Waals surface area contributed by atoms with Crippen LogP contribution in [0, 0.1) is 5.41 Å². The molecule has 0 spiro atoms. The van der Waals surface area contributed by atoms with Crippen LogP contribution in [0.5, 0.6) is 0 Å². The number of hydrazine groups is 1. The van der Waals surface area contributed by atoms with Crippen molar-refractivity contribution >= 4 is 13.0 Å². The van der Waals surface area contributed by atoms with Crippen molar-refractivity contribution in [2.45, 2.75) is 33.7 Å². The van der Waals surface area contributed by atoms with Crippen molar-refractivity contribution in [1.29, 1.82) is 0 Å². The lowest BCUT2D eigenvalue weighted by atomic mass is 9.69. The van der Waals surface area contributed by atoms with Crippen LogP contribution in [0.4, 0.5) is 8.78 Å². The first-order valence-electron chi connectivity index (χ1n) is 4.23. The zero-order chi connectivity index (χ0) is 10.1. The molecule has 6 heteroatoms. The van der Waals surface area contributed by atoms with Crippen LogP contribution in [0.15, 0.2) is 5.10 Å². The van der Waals surface area contributed by atoms with Crippen molar-refractivity contribution in [3.8, 4) is 0 Å². The van der Waals surface area contributed by atoms with E-state index in [1.165, 1.54) is 7.41 Å². The van der Waals surface area contributed by atoms with Crippen LogP contribution in [0.1, 0.15) is 27.2 Å². The van der Waals surface area contributed by atoms with E-state index in [9.17, 15) is 8.78 Å². The zero-order valence-corrected chi connectivity index (χ0v) is 8.01. The highest BCUT2D eigenvalue weighted by Crippen LogP contribution is 2.23. The largest absolute Gasteiger partial charge is 0.341 e. The Labute approximate surface area is 77.4 Å². The molecule has 0 aromatic heterocycles. The first kappa shape index (κ1) is 10.4. The highest BCUT2D eigenvalue weighted by molar-refractivity contribution is 6.75. The van der Waals surface area contributed by atoms with Gasteiger partial charge in [0, 0.05) is 5.61 Å². The van der Waals surface area contributed by atoms with E-state index in [1.807, 2.05) is 20.8 Å². The third-order valence-corrected chi connectivity index (χ3v) is 2.31. The van der Waals surface area contributed by atoms with Gasteiger partial charge in [-0.2, -0.15) is 19.0 Å².